The lowest BCUT2D eigenvalue weighted by Crippen LogP contribution is -2.28. The molecule has 0 radical (unpaired) electrons. The molecule has 2 aliphatic heterocycles. The molecule has 2 atom stereocenters. The van der Waals surface area contributed by atoms with Gasteiger partial charge in [-0.15, -0.1) is 0 Å². The lowest BCUT2D eigenvalue weighted by molar-refractivity contribution is 0.111. The highest BCUT2D eigenvalue weighted by atomic mass is 16.6. The van der Waals surface area contributed by atoms with Gasteiger partial charge in [-0.2, -0.15) is 0 Å². The first-order valence-electron chi connectivity index (χ1n) is 6.61. The molecule has 1 amide bonds. The summed E-state index contributed by atoms with van der Waals surface area (Å²) in [6, 6.07) is 7.48. The van der Waals surface area contributed by atoms with Crippen molar-refractivity contribution >= 4 is 11.8 Å². The van der Waals surface area contributed by atoms with Gasteiger partial charge >= 0.3 is 6.09 Å². The number of carbonyl (C=O) groups is 1. The summed E-state index contributed by atoms with van der Waals surface area (Å²) >= 11 is 0. The zero-order chi connectivity index (χ0) is 13.2. The number of benzene rings is 1. The Bertz CT molecular complexity index is 454. The molecule has 19 heavy (non-hydrogen) atoms. The molecule has 2 fully saturated rings. The number of amides is 1. The first-order valence-corrected chi connectivity index (χ1v) is 6.61. The molecule has 102 valence electrons. The Hall–Kier alpha value is -1.75. The minimum absolute atomic E-state index is 0.00426. The maximum absolute atomic E-state index is 11.9. The van der Waals surface area contributed by atoms with Crippen molar-refractivity contribution in [3.63, 3.8) is 0 Å². The second kappa shape index (κ2) is 5.09. The zero-order valence-corrected chi connectivity index (χ0v) is 11.0. The van der Waals surface area contributed by atoms with Crippen LogP contribution in [0.1, 0.15) is 6.42 Å². The average Bonchev–Trinajstić information content (AvgIpc) is 3.08. The second-order valence-electron chi connectivity index (χ2n) is 4.98. The standard InChI is InChI=1S/C14H18N2O3/c1-18-12-4-2-11(3-5-12)16-9-13(19-14(16)17)10-6-7-15-8-10/h2-5,10,13,15H,6-9H2,1H3. The molecule has 0 spiro atoms. The van der Waals surface area contributed by atoms with Crippen LogP contribution in [0.3, 0.4) is 0 Å². The lowest BCUT2D eigenvalue weighted by atomic mass is 10.0. The van der Waals surface area contributed by atoms with Crippen LogP contribution in [-0.4, -0.2) is 38.9 Å². The summed E-state index contributed by atoms with van der Waals surface area (Å²) in [4.78, 5) is 13.6. The van der Waals surface area contributed by atoms with E-state index in [2.05, 4.69) is 5.32 Å². The fourth-order valence-electron chi connectivity index (χ4n) is 2.70. The molecular weight excluding hydrogens is 244 g/mol. The summed E-state index contributed by atoms with van der Waals surface area (Å²) in [5.74, 6) is 1.22. The third-order valence-electron chi connectivity index (χ3n) is 3.84. The van der Waals surface area contributed by atoms with E-state index in [0.717, 1.165) is 30.9 Å². The van der Waals surface area contributed by atoms with Gasteiger partial charge in [0.2, 0.25) is 0 Å². The third-order valence-corrected chi connectivity index (χ3v) is 3.84. The number of hydrogen-bond acceptors (Lipinski definition) is 4. The highest BCUT2D eigenvalue weighted by Crippen LogP contribution is 2.28. The molecule has 0 aromatic heterocycles. The fourth-order valence-corrected chi connectivity index (χ4v) is 2.70. The number of anilines is 1. The highest BCUT2D eigenvalue weighted by Gasteiger charge is 2.38. The highest BCUT2D eigenvalue weighted by molar-refractivity contribution is 5.89. The SMILES string of the molecule is COc1ccc(N2CC(C3CCNC3)OC2=O)cc1. The van der Waals surface area contributed by atoms with Crippen molar-refractivity contribution in [1.29, 1.82) is 0 Å². The van der Waals surface area contributed by atoms with Crippen LogP contribution >= 0.6 is 0 Å². The number of nitrogens with one attached hydrogen (secondary N) is 1. The van der Waals surface area contributed by atoms with E-state index >= 15 is 0 Å². The van der Waals surface area contributed by atoms with Gasteiger partial charge < -0.3 is 14.8 Å². The average molecular weight is 262 g/mol. The first-order chi connectivity index (χ1) is 9.28. The number of cyclic esters (lactones) is 1. The van der Waals surface area contributed by atoms with Gasteiger partial charge in [0.05, 0.1) is 13.7 Å². The molecule has 1 aromatic rings. The summed E-state index contributed by atoms with van der Waals surface area (Å²) in [7, 11) is 1.63. The van der Waals surface area contributed by atoms with Gasteiger partial charge in [0, 0.05) is 18.2 Å². The molecule has 0 saturated carbocycles. The molecule has 2 saturated heterocycles. The van der Waals surface area contributed by atoms with E-state index in [-0.39, 0.29) is 12.2 Å². The van der Waals surface area contributed by atoms with Gasteiger partial charge in [-0.3, -0.25) is 4.90 Å². The first kappa shape index (κ1) is 12.3. The van der Waals surface area contributed by atoms with E-state index in [0.29, 0.717) is 12.5 Å². The number of ether oxygens (including phenoxy) is 2. The minimum Gasteiger partial charge on any atom is -0.497 e. The third kappa shape index (κ3) is 2.38. The Morgan fingerprint density at radius 3 is 2.79 bits per heavy atom. The van der Waals surface area contributed by atoms with Gasteiger partial charge in [0.1, 0.15) is 11.9 Å². The monoisotopic (exact) mass is 262 g/mol. The van der Waals surface area contributed by atoms with Crippen LogP contribution in [-0.2, 0) is 4.74 Å². The van der Waals surface area contributed by atoms with Crippen molar-refractivity contribution in [2.75, 3.05) is 31.6 Å². The molecule has 0 aliphatic carbocycles. The normalized spacial score (nSPS) is 26.6. The van der Waals surface area contributed by atoms with E-state index in [1.807, 2.05) is 24.3 Å². The molecule has 2 aliphatic rings. The van der Waals surface area contributed by atoms with Crippen LogP contribution in [0, 0.1) is 5.92 Å². The number of methoxy groups -OCH3 is 1. The lowest BCUT2D eigenvalue weighted by Gasteiger charge is -2.16. The summed E-state index contributed by atoms with van der Waals surface area (Å²) < 4.78 is 10.6. The Kier molecular flexibility index (Phi) is 3.29. The van der Waals surface area contributed by atoms with Crippen molar-refractivity contribution < 1.29 is 14.3 Å². The maximum atomic E-state index is 11.9. The number of nitrogens with zero attached hydrogens (tertiary/aromatic N) is 1. The summed E-state index contributed by atoms with van der Waals surface area (Å²) in [6.07, 6.45) is 0.834. The summed E-state index contributed by atoms with van der Waals surface area (Å²) in [6.45, 7) is 2.59. The Labute approximate surface area is 112 Å². The maximum Gasteiger partial charge on any atom is 0.414 e. The number of rotatable bonds is 3. The van der Waals surface area contributed by atoms with Crippen molar-refractivity contribution in [2.24, 2.45) is 5.92 Å². The number of carbonyl (C=O) groups excluding carboxylic acids is 1. The summed E-state index contributed by atoms with van der Waals surface area (Å²) in [5, 5.41) is 3.31. The fraction of sp³-hybridized carbons (Fsp3) is 0.500. The molecule has 0 bridgehead atoms. The predicted octanol–water partition coefficient (Wildman–Crippen LogP) is 1.63. The van der Waals surface area contributed by atoms with Gasteiger partial charge in [0.15, 0.2) is 0 Å². The van der Waals surface area contributed by atoms with Crippen LogP contribution in [0.5, 0.6) is 5.75 Å². The van der Waals surface area contributed by atoms with Gasteiger partial charge in [-0.25, -0.2) is 4.79 Å². The minimum atomic E-state index is -0.248. The molecule has 2 heterocycles. The molecule has 2 unspecified atom stereocenters. The van der Waals surface area contributed by atoms with Gasteiger partial charge in [-0.05, 0) is 37.2 Å². The predicted molar refractivity (Wildman–Crippen MR) is 71.6 cm³/mol. The largest absolute Gasteiger partial charge is 0.497 e. The van der Waals surface area contributed by atoms with E-state index < -0.39 is 0 Å². The Balaban J connectivity index is 1.72. The Morgan fingerprint density at radius 2 is 2.16 bits per heavy atom. The van der Waals surface area contributed by atoms with E-state index in [9.17, 15) is 4.79 Å². The van der Waals surface area contributed by atoms with E-state index in [1.165, 1.54) is 0 Å². The van der Waals surface area contributed by atoms with Crippen LogP contribution < -0.4 is 15.0 Å². The molecular formula is C14H18N2O3. The smallest absolute Gasteiger partial charge is 0.414 e. The molecule has 5 nitrogen and oxygen atoms in total. The number of hydrogen-bond donors (Lipinski definition) is 1. The van der Waals surface area contributed by atoms with E-state index in [4.69, 9.17) is 9.47 Å². The van der Waals surface area contributed by atoms with Gasteiger partial charge in [0.25, 0.3) is 0 Å². The van der Waals surface area contributed by atoms with E-state index in [1.54, 1.807) is 12.0 Å². The van der Waals surface area contributed by atoms with Crippen molar-refractivity contribution in [3.05, 3.63) is 24.3 Å². The van der Waals surface area contributed by atoms with Crippen LogP contribution in [0.2, 0.25) is 0 Å². The van der Waals surface area contributed by atoms with Crippen LogP contribution in [0.25, 0.3) is 0 Å². The summed E-state index contributed by atoms with van der Waals surface area (Å²) in [5.41, 5.74) is 0.860. The molecule has 1 aromatic carbocycles. The van der Waals surface area contributed by atoms with Crippen molar-refractivity contribution in [3.8, 4) is 5.75 Å². The second-order valence-corrected chi connectivity index (χ2v) is 4.98. The van der Waals surface area contributed by atoms with Gasteiger partial charge in [-0.1, -0.05) is 0 Å². The van der Waals surface area contributed by atoms with Crippen molar-refractivity contribution in [1.82, 2.24) is 5.32 Å². The Morgan fingerprint density at radius 1 is 1.37 bits per heavy atom. The molecule has 1 N–H and O–H groups in total. The van der Waals surface area contributed by atoms with Crippen LogP contribution in [0.4, 0.5) is 10.5 Å². The van der Waals surface area contributed by atoms with Crippen molar-refractivity contribution in [2.45, 2.75) is 12.5 Å². The zero-order valence-electron chi connectivity index (χ0n) is 11.0. The topological polar surface area (TPSA) is 50.8 Å². The molecule has 5 heteroatoms. The quantitative estimate of drug-likeness (QED) is 0.899. The molecule has 3 rings (SSSR count). The van der Waals surface area contributed by atoms with Crippen LogP contribution in [0.15, 0.2) is 24.3 Å².